The summed E-state index contributed by atoms with van der Waals surface area (Å²) < 4.78 is 5.23. The SMILES string of the molecule is COc1ccc(-c2cc(C(=O)NN3C(=O)CSC3c3ccc([N+](=O)[O-])cc3)c3ccccc3n2)cc1. The second-order valence-electron chi connectivity index (χ2n) is 8.02. The Labute approximate surface area is 210 Å². The molecule has 0 spiro atoms. The number of hydrogen-bond acceptors (Lipinski definition) is 7. The maximum absolute atomic E-state index is 13.5. The molecule has 1 fully saturated rings. The Morgan fingerprint density at radius 2 is 1.83 bits per heavy atom. The van der Waals surface area contributed by atoms with Crippen LogP contribution < -0.4 is 10.2 Å². The number of fused-ring (bicyclic) bond motifs is 1. The van der Waals surface area contributed by atoms with E-state index in [1.54, 1.807) is 25.3 Å². The first-order chi connectivity index (χ1) is 17.4. The monoisotopic (exact) mass is 500 g/mol. The standard InChI is InChI=1S/C26H20N4O5S/c1-35-19-12-8-16(9-13-19)23-14-21(20-4-2-3-5-22(20)27-23)25(32)28-29-24(31)15-36-26(29)17-6-10-18(11-7-17)30(33)34/h2-14,26H,15H2,1H3,(H,28,32). The first kappa shape index (κ1) is 23.3. The van der Waals surface area contributed by atoms with Crippen molar-refractivity contribution in [2.45, 2.75) is 5.37 Å². The smallest absolute Gasteiger partial charge is 0.270 e. The van der Waals surface area contributed by atoms with Gasteiger partial charge in [0.25, 0.3) is 17.5 Å². The lowest BCUT2D eigenvalue weighted by Gasteiger charge is -2.25. The van der Waals surface area contributed by atoms with E-state index >= 15 is 0 Å². The van der Waals surface area contributed by atoms with Gasteiger partial charge in [0.2, 0.25) is 0 Å². The number of ether oxygens (including phenoxy) is 1. The number of carbonyl (C=O) groups excluding carboxylic acids is 2. The van der Waals surface area contributed by atoms with Gasteiger partial charge in [0.05, 0.1) is 34.6 Å². The van der Waals surface area contributed by atoms with Crippen LogP contribution in [0.25, 0.3) is 22.2 Å². The van der Waals surface area contributed by atoms with Gasteiger partial charge in [-0.3, -0.25) is 25.1 Å². The Balaban J connectivity index is 1.48. The third-order valence-electron chi connectivity index (χ3n) is 5.83. The zero-order valence-corrected chi connectivity index (χ0v) is 19.9. The van der Waals surface area contributed by atoms with Crippen LogP contribution in [-0.4, -0.2) is 39.6 Å². The number of thioether (sulfide) groups is 1. The van der Waals surface area contributed by atoms with Crippen molar-refractivity contribution in [1.82, 2.24) is 15.4 Å². The molecule has 36 heavy (non-hydrogen) atoms. The Kier molecular flexibility index (Phi) is 6.26. The average Bonchev–Trinajstić information content (AvgIpc) is 3.27. The molecule has 0 saturated carbocycles. The number of hydrazine groups is 1. The topological polar surface area (TPSA) is 115 Å². The minimum Gasteiger partial charge on any atom is -0.497 e. The number of carbonyl (C=O) groups is 2. The van der Waals surface area contributed by atoms with Gasteiger partial charge in [0.15, 0.2) is 0 Å². The third-order valence-corrected chi connectivity index (χ3v) is 7.04. The van der Waals surface area contributed by atoms with Crippen LogP contribution in [0.1, 0.15) is 21.3 Å². The molecule has 1 aliphatic heterocycles. The van der Waals surface area contributed by atoms with Crippen molar-refractivity contribution in [3.05, 3.63) is 100 Å². The van der Waals surface area contributed by atoms with Gasteiger partial charge in [-0.15, -0.1) is 11.8 Å². The summed E-state index contributed by atoms with van der Waals surface area (Å²) in [5, 5.41) is 12.4. The summed E-state index contributed by atoms with van der Waals surface area (Å²) >= 11 is 1.34. The number of pyridine rings is 1. The molecule has 3 aromatic carbocycles. The number of nitro groups is 1. The Hall–Kier alpha value is -4.44. The molecule has 1 atom stereocenters. The zero-order chi connectivity index (χ0) is 25.2. The first-order valence-corrected chi connectivity index (χ1v) is 12.0. The number of hydrogen-bond donors (Lipinski definition) is 1. The highest BCUT2D eigenvalue weighted by molar-refractivity contribution is 8.00. The minimum absolute atomic E-state index is 0.0435. The van der Waals surface area contributed by atoms with Crippen molar-refractivity contribution in [1.29, 1.82) is 0 Å². The van der Waals surface area contributed by atoms with Gasteiger partial charge in [-0.1, -0.05) is 18.2 Å². The summed E-state index contributed by atoms with van der Waals surface area (Å²) in [4.78, 5) is 41.4. The van der Waals surface area contributed by atoms with Gasteiger partial charge >= 0.3 is 0 Å². The fourth-order valence-electron chi connectivity index (χ4n) is 3.99. The van der Waals surface area contributed by atoms with Crippen molar-refractivity contribution in [2.75, 3.05) is 12.9 Å². The molecule has 1 N–H and O–H groups in total. The summed E-state index contributed by atoms with van der Waals surface area (Å²) in [5.74, 6) is 0.173. The molecule has 9 nitrogen and oxygen atoms in total. The van der Waals surface area contributed by atoms with E-state index in [-0.39, 0.29) is 17.3 Å². The van der Waals surface area contributed by atoms with Crippen LogP contribution in [0.2, 0.25) is 0 Å². The number of nitrogens with one attached hydrogen (secondary N) is 1. The molecule has 0 radical (unpaired) electrons. The van der Waals surface area contributed by atoms with Crippen LogP contribution >= 0.6 is 11.8 Å². The van der Waals surface area contributed by atoms with Gasteiger partial charge < -0.3 is 4.74 Å². The molecule has 0 aliphatic carbocycles. The van der Waals surface area contributed by atoms with Crippen LogP contribution in [0.15, 0.2) is 78.9 Å². The molecule has 1 saturated heterocycles. The van der Waals surface area contributed by atoms with E-state index in [0.29, 0.717) is 33.5 Å². The number of methoxy groups -OCH3 is 1. The fourth-order valence-corrected chi connectivity index (χ4v) is 5.10. The number of benzene rings is 3. The van der Waals surface area contributed by atoms with Crippen LogP contribution in [0.3, 0.4) is 0 Å². The Bertz CT molecular complexity index is 1470. The molecule has 0 bridgehead atoms. The summed E-state index contributed by atoms with van der Waals surface area (Å²) in [6, 6.07) is 22.3. The van der Waals surface area contributed by atoms with E-state index in [0.717, 1.165) is 5.56 Å². The molecule has 4 aromatic rings. The zero-order valence-electron chi connectivity index (χ0n) is 19.1. The Morgan fingerprint density at radius 1 is 1.11 bits per heavy atom. The highest BCUT2D eigenvalue weighted by Crippen LogP contribution is 2.38. The quantitative estimate of drug-likeness (QED) is 0.300. The molecular formula is C26H20N4O5S. The molecule has 1 aromatic heterocycles. The summed E-state index contributed by atoms with van der Waals surface area (Å²) in [6.07, 6.45) is 0. The normalized spacial score (nSPS) is 15.2. The minimum atomic E-state index is -0.503. The predicted molar refractivity (Wildman–Crippen MR) is 136 cm³/mol. The molecule has 2 amide bonds. The van der Waals surface area contributed by atoms with Gasteiger partial charge in [0.1, 0.15) is 11.1 Å². The lowest BCUT2D eigenvalue weighted by atomic mass is 10.0. The maximum atomic E-state index is 13.5. The first-order valence-electron chi connectivity index (χ1n) is 11.0. The summed E-state index contributed by atoms with van der Waals surface area (Å²) in [6.45, 7) is 0. The largest absolute Gasteiger partial charge is 0.497 e. The number of nitrogens with zero attached hydrogens (tertiary/aromatic N) is 3. The van der Waals surface area contributed by atoms with Crippen LogP contribution in [0, 0.1) is 10.1 Å². The second-order valence-corrected chi connectivity index (χ2v) is 9.09. The highest BCUT2D eigenvalue weighted by atomic mass is 32.2. The van der Waals surface area contributed by atoms with Crippen molar-refractivity contribution in [3.8, 4) is 17.0 Å². The van der Waals surface area contributed by atoms with Crippen molar-refractivity contribution < 1.29 is 19.2 Å². The summed E-state index contributed by atoms with van der Waals surface area (Å²) in [7, 11) is 1.59. The highest BCUT2D eigenvalue weighted by Gasteiger charge is 2.35. The summed E-state index contributed by atoms with van der Waals surface area (Å²) in [5.41, 5.74) is 5.83. The maximum Gasteiger partial charge on any atom is 0.270 e. The average molecular weight is 501 g/mol. The van der Waals surface area contributed by atoms with Crippen molar-refractivity contribution in [3.63, 3.8) is 0 Å². The number of rotatable bonds is 6. The predicted octanol–water partition coefficient (Wildman–Crippen LogP) is 4.74. The molecular weight excluding hydrogens is 480 g/mol. The van der Waals surface area contributed by atoms with Crippen molar-refractivity contribution in [2.24, 2.45) is 0 Å². The van der Waals surface area contributed by atoms with Crippen LogP contribution in [-0.2, 0) is 4.79 Å². The van der Waals surface area contributed by atoms with E-state index in [1.165, 1.54) is 28.9 Å². The van der Waals surface area contributed by atoms with E-state index in [1.807, 2.05) is 48.5 Å². The lowest BCUT2D eigenvalue weighted by molar-refractivity contribution is -0.384. The van der Waals surface area contributed by atoms with E-state index in [9.17, 15) is 19.7 Å². The molecule has 180 valence electrons. The molecule has 2 heterocycles. The van der Waals surface area contributed by atoms with E-state index < -0.39 is 16.2 Å². The number of nitro benzene ring substituents is 1. The van der Waals surface area contributed by atoms with Crippen molar-refractivity contribution >= 4 is 40.2 Å². The third kappa shape index (κ3) is 4.46. The van der Waals surface area contributed by atoms with Gasteiger partial charge in [-0.05, 0) is 54.1 Å². The van der Waals surface area contributed by atoms with Gasteiger partial charge in [-0.2, -0.15) is 0 Å². The number of non-ortho nitro benzene ring substituents is 1. The molecule has 10 heteroatoms. The number of aromatic nitrogens is 1. The van der Waals surface area contributed by atoms with Gasteiger partial charge in [-0.25, -0.2) is 9.99 Å². The van der Waals surface area contributed by atoms with Crippen LogP contribution in [0.5, 0.6) is 5.75 Å². The lowest BCUT2D eigenvalue weighted by Crippen LogP contribution is -2.44. The van der Waals surface area contributed by atoms with E-state index in [2.05, 4.69) is 5.43 Å². The fraction of sp³-hybridized carbons (Fsp3) is 0.115. The number of para-hydroxylation sites is 1. The van der Waals surface area contributed by atoms with Gasteiger partial charge in [0, 0.05) is 23.1 Å². The number of amides is 2. The van der Waals surface area contributed by atoms with Crippen LogP contribution in [0.4, 0.5) is 5.69 Å². The molecule has 1 aliphatic rings. The second kappa shape index (κ2) is 9.67. The molecule has 5 rings (SSSR count). The molecule has 1 unspecified atom stereocenters. The Morgan fingerprint density at radius 3 is 2.53 bits per heavy atom. The van der Waals surface area contributed by atoms with E-state index in [4.69, 9.17) is 9.72 Å².